The number of hydrogen-bond acceptors (Lipinski definition) is 3. The zero-order valence-electron chi connectivity index (χ0n) is 11.9. The van der Waals surface area contributed by atoms with E-state index in [0.29, 0.717) is 18.0 Å². The molecule has 0 aliphatic rings. The van der Waals surface area contributed by atoms with Crippen LogP contribution in [0.15, 0.2) is 48.8 Å². The molecule has 2 rings (SSSR count). The summed E-state index contributed by atoms with van der Waals surface area (Å²) in [4.78, 5) is 15.4. The van der Waals surface area contributed by atoms with Crippen molar-refractivity contribution in [2.24, 2.45) is 0 Å². The maximum absolute atomic E-state index is 11.5. The van der Waals surface area contributed by atoms with Crippen molar-refractivity contribution < 1.29 is 9.53 Å². The fraction of sp³-hybridized carbons (Fsp3) is 0.176. The number of alkyl carbamates (subject to hydrolysis) is 1. The summed E-state index contributed by atoms with van der Waals surface area (Å²) in [6, 6.07) is 11.3. The number of aromatic nitrogens is 1. The number of carbonyl (C=O) groups is 1. The van der Waals surface area contributed by atoms with Crippen LogP contribution in [-0.4, -0.2) is 17.6 Å². The van der Waals surface area contributed by atoms with Crippen LogP contribution in [0, 0.1) is 11.8 Å². The van der Waals surface area contributed by atoms with Gasteiger partial charge in [-0.1, -0.05) is 53.8 Å². The molecule has 1 aromatic heterocycles. The van der Waals surface area contributed by atoms with Gasteiger partial charge in [-0.15, -0.1) is 0 Å². The van der Waals surface area contributed by atoms with E-state index in [1.807, 2.05) is 30.3 Å². The number of amides is 1. The lowest BCUT2D eigenvalue weighted by Gasteiger charge is -2.05. The van der Waals surface area contributed by atoms with Crippen LogP contribution in [0.25, 0.3) is 0 Å². The molecule has 0 atom stereocenters. The van der Waals surface area contributed by atoms with Gasteiger partial charge in [0.15, 0.2) is 0 Å². The second-order valence-corrected chi connectivity index (χ2v) is 4.87. The zero-order chi connectivity index (χ0) is 15.6. The Hall–Kier alpha value is -2.51. The van der Waals surface area contributed by atoms with Crippen LogP contribution in [0.3, 0.4) is 0 Å². The Labute approximate surface area is 134 Å². The lowest BCUT2D eigenvalue weighted by Crippen LogP contribution is -2.24. The number of ether oxygens (including phenoxy) is 1. The van der Waals surface area contributed by atoms with E-state index in [2.05, 4.69) is 22.1 Å². The van der Waals surface area contributed by atoms with Crippen LogP contribution in [0.4, 0.5) is 4.79 Å². The Bertz CT molecular complexity index is 678. The van der Waals surface area contributed by atoms with E-state index >= 15 is 0 Å². The predicted molar refractivity (Wildman–Crippen MR) is 85.4 cm³/mol. The second-order valence-electron chi connectivity index (χ2n) is 4.43. The molecule has 0 aliphatic carbocycles. The molecule has 0 radical (unpaired) electrons. The highest BCUT2D eigenvalue weighted by atomic mass is 35.5. The SMILES string of the molecule is O=C(NCCC#Cc1cncc(Cl)c1)OCc1ccccc1. The van der Waals surface area contributed by atoms with Crippen LogP contribution < -0.4 is 5.32 Å². The summed E-state index contributed by atoms with van der Waals surface area (Å²) >= 11 is 5.81. The van der Waals surface area contributed by atoms with Gasteiger partial charge in [0.1, 0.15) is 6.61 Å². The van der Waals surface area contributed by atoms with Crippen molar-refractivity contribution in [2.45, 2.75) is 13.0 Å². The summed E-state index contributed by atoms with van der Waals surface area (Å²) in [6.07, 6.45) is 3.26. The molecule has 1 N–H and O–H groups in total. The Balaban J connectivity index is 1.65. The van der Waals surface area contributed by atoms with Crippen molar-refractivity contribution in [1.82, 2.24) is 10.3 Å². The maximum Gasteiger partial charge on any atom is 0.407 e. The average Bonchev–Trinajstić information content (AvgIpc) is 2.54. The molecule has 0 fully saturated rings. The molecule has 0 spiro atoms. The molecule has 5 heteroatoms. The molecule has 1 amide bonds. The Morgan fingerprint density at radius 3 is 2.86 bits per heavy atom. The van der Waals surface area contributed by atoms with Crippen molar-refractivity contribution >= 4 is 17.7 Å². The molecule has 0 bridgehead atoms. The van der Waals surface area contributed by atoms with Crippen LogP contribution >= 0.6 is 11.6 Å². The Morgan fingerprint density at radius 2 is 2.09 bits per heavy atom. The first-order chi connectivity index (χ1) is 10.7. The summed E-state index contributed by atoms with van der Waals surface area (Å²) in [5.74, 6) is 5.87. The number of hydrogen-bond donors (Lipinski definition) is 1. The largest absolute Gasteiger partial charge is 0.445 e. The van der Waals surface area contributed by atoms with E-state index in [0.717, 1.165) is 11.1 Å². The van der Waals surface area contributed by atoms with Crippen molar-refractivity contribution in [3.8, 4) is 11.8 Å². The molecule has 22 heavy (non-hydrogen) atoms. The number of nitrogens with one attached hydrogen (secondary N) is 1. The molecule has 4 nitrogen and oxygen atoms in total. The Morgan fingerprint density at radius 1 is 1.27 bits per heavy atom. The van der Waals surface area contributed by atoms with E-state index < -0.39 is 6.09 Å². The van der Waals surface area contributed by atoms with Gasteiger partial charge in [-0.2, -0.15) is 0 Å². The molecule has 112 valence electrons. The molecule has 1 aromatic carbocycles. The van der Waals surface area contributed by atoms with Crippen molar-refractivity contribution in [3.63, 3.8) is 0 Å². The molecular formula is C17H15ClN2O2. The van der Waals surface area contributed by atoms with E-state index in [1.165, 1.54) is 0 Å². The standard InChI is InChI=1S/C17H15ClN2O2/c18-16-10-15(11-19-12-16)8-4-5-9-20-17(21)22-13-14-6-2-1-3-7-14/h1-3,6-7,10-12H,5,9,13H2,(H,20,21). The number of rotatable bonds is 4. The summed E-state index contributed by atoms with van der Waals surface area (Å²) in [5, 5.41) is 3.20. The third-order valence-corrected chi connectivity index (χ3v) is 2.88. The third kappa shape index (κ3) is 5.86. The van der Waals surface area contributed by atoms with Gasteiger partial charge in [0.25, 0.3) is 0 Å². The summed E-state index contributed by atoms with van der Waals surface area (Å²) in [6.45, 7) is 0.682. The quantitative estimate of drug-likeness (QED) is 0.695. The van der Waals surface area contributed by atoms with Crippen molar-refractivity contribution in [2.75, 3.05) is 6.54 Å². The van der Waals surface area contributed by atoms with Gasteiger partial charge in [-0.3, -0.25) is 4.98 Å². The normalized spacial score (nSPS) is 9.50. The van der Waals surface area contributed by atoms with Crippen LogP contribution in [0.2, 0.25) is 5.02 Å². The van der Waals surface area contributed by atoms with Crippen molar-refractivity contribution in [1.29, 1.82) is 0 Å². The summed E-state index contributed by atoms with van der Waals surface area (Å²) < 4.78 is 5.08. The van der Waals surface area contributed by atoms with Crippen molar-refractivity contribution in [3.05, 3.63) is 64.9 Å². The minimum Gasteiger partial charge on any atom is -0.445 e. The number of pyridine rings is 1. The molecule has 0 aliphatic heterocycles. The fourth-order valence-electron chi connectivity index (χ4n) is 1.65. The first kappa shape index (κ1) is 15.9. The van der Waals surface area contributed by atoms with Gasteiger partial charge >= 0.3 is 6.09 Å². The zero-order valence-corrected chi connectivity index (χ0v) is 12.6. The minimum absolute atomic E-state index is 0.256. The monoisotopic (exact) mass is 314 g/mol. The fourth-order valence-corrected chi connectivity index (χ4v) is 1.82. The predicted octanol–water partition coefficient (Wildman–Crippen LogP) is 3.40. The Kier molecular flexibility index (Phi) is 6.28. The molecule has 1 heterocycles. The van der Waals surface area contributed by atoms with E-state index in [1.54, 1.807) is 18.5 Å². The number of carbonyl (C=O) groups excluding carboxylic acids is 1. The van der Waals surface area contributed by atoms with Gasteiger partial charge in [0, 0.05) is 30.9 Å². The maximum atomic E-state index is 11.5. The lowest BCUT2D eigenvalue weighted by molar-refractivity contribution is 0.140. The van der Waals surface area contributed by atoms with E-state index in [-0.39, 0.29) is 6.61 Å². The van der Waals surface area contributed by atoms with E-state index in [9.17, 15) is 4.79 Å². The van der Waals surface area contributed by atoms with Crippen LogP contribution in [0.1, 0.15) is 17.5 Å². The van der Waals surface area contributed by atoms with Gasteiger partial charge < -0.3 is 10.1 Å². The average molecular weight is 315 g/mol. The first-order valence-corrected chi connectivity index (χ1v) is 7.16. The highest BCUT2D eigenvalue weighted by Gasteiger charge is 2.00. The number of halogens is 1. The van der Waals surface area contributed by atoms with Gasteiger partial charge in [0.05, 0.1) is 5.02 Å². The number of nitrogens with zero attached hydrogens (tertiary/aromatic N) is 1. The molecule has 2 aromatic rings. The minimum atomic E-state index is -0.449. The van der Waals surface area contributed by atoms with Crippen LogP contribution in [0.5, 0.6) is 0 Å². The van der Waals surface area contributed by atoms with Crippen LogP contribution in [-0.2, 0) is 11.3 Å². The van der Waals surface area contributed by atoms with Gasteiger partial charge in [-0.05, 0) is 11.6 Å². The highest BCUT2D eigenvalue weighted by Crippen LogP contribution is 2.06. The number of benzene rings is 1. The highest BCUT2D eigenvalue weighted by molar-refractivity contribution is 6.30. The molecular weight excluding hydrogens is 300 g/mol. The topological polar surface area (TPSA) is 51.2 Å². The van der Waals surface area contributed by atoms with Gasteiger partial charge in [-0.25, -0.2) is 4.79 Å². The third-order valence-electron chi connectivity index (χ3n) is 2.67. The second kappa shape index (κ2) is 8.71. The molecule has 0 saturated carbocycles. The van der Waals surface area contributed by atoms with Gasteiger partial charge in [0.2, 0.25) is 0 Å². The summed E-state index contributed by atoms with van der Waals surface area (Å²) in [5.41, 5.74) is 1.70. The smallest absolute Gasteiger partial charge is 0.407 e. The molecule has 0 saturated heterocycles. The first-order valence-electron chi connectivity index (χ1n) is 6.78. The lowest BCUT2D eigenvalue weighted by atomic mass is 10.2. The van der Waals surface area contributed by atoms with E-state index in [4.69, 9.17) is 16.3 Å². The summed E-state index contributed by atoms with van der Waals surface area (Å²) in [7, 11) is 0. The molecule has 0 unspecified atom stereocenters.